The van der Waals surface area contributed by atoms with Crippen molar-refractivity contribution in [2.75, 3.05) is 0 Å². The minimum absolute atomic E-state index is 0.450. The van der Waals surface area contributed by atoms with Crippen molar-refractivity contribution in [3.63, 3.8) is 0 Å². The Hall–Kier alpha value is -0.430. The van der Waals surface area contributed by atoms with Gasteiger partial charge >= 0.3 is 0 Å². The van der Waals surface area contributed by atoms with Gasteiger partial charge in [-0.05, 0) is 37.2 Å². The van der Waals surface area contributed by atoms with Gasteiger partial charge in [0.1, 0.15) is 0 Å². The molecule has 0 aliphatic heterocycles. The Balaban J connectivity index is 2.07. The summed E-state index contributed by atoms with van der Waals surface area (Å²) in [6.07, 6.45) is 16.3. The van der Waals surface area contributed by atoms with Crippen LogP contribution in [0.15, 0.2) is 36.0 Å². The van der Waals surface area contributed by atoms with E-state index in [9.17, 15) is 0 Å². The van der Waals surface area contributed by atoms with Crippen LogP contribution in [-0.4, -0.2) is 5.25 Å². The number of hydrogen-bond acceptors (Lipinski definition) is 1. The van der Waals surface area contributed by atoms with Gasteiger partial charge in [-0.2, -0.15) is 12.6 Å². The molecular formula is C12H16S. The Morgan fingerprint density at radius 1 is 1.15 bits per heavy atom. The van der Waals surface area contributed by atoms with Gasteiger partial charge in [-0.1, -0.05) is 30.4 Å². The summed E-state index contributed by atoms with van der Waals surface area (Å²) >= 11 is 4.49. The molecule has 70 valence electrons. The zero-order valence-corrected chi connectivity index (χ0v) is 8.71. The molecule has 2 aliphatic carbocycles. The third-order valence-electron chi connectivity index (χ3n) is 2.81. The fourth-order valence-electron chi connectivity index (χ4n) is 2.06. The molecule has 0 fully saturated rings. The van der Waals surface area contributed by atoms with Crippen molar-refractivity contribution < 1.29 is 0 Å². The maximum Gasteiger partial charge on any atom is 0.0237 e. The highest BCUT2D eigenvalue weighted by Crippen LogP contribution is 2.29. The summed E-state index contributed by atoms with van der Waals surface area (Å²) in [7, 11) is 0. The van der Waals surface area contributed by atoms with Crippen LogP contribution in [0.5, 0.6) is 0 Å². The third-order valence-corrected chi connectivity index (χ3v) is 3.17. The standard InChI is InChI=1S/C12H16S/c13-12-8-4-7-11(9-12)10-5-2-1-3-6-10/h1-2,4,7,9-10,12-13H,3,5-6,8H2. The summed E-state index contributed by atoms with van der Waals surface area (Å²) in [6, 6.07) is 0. The van der Waals surface area contributed by atoms with Gasteiger partial charge in [0, 0.05) is 5.25 Å². The molecule has 0 saturated carbocycles. The van der Waals surface area contributed by atoms with Crippen LogP contribution in [0.1, 0.15) is 25.7 Å². The molecule has 0 spiro atoms. The van der Waals surface area contributed by atoms with Crippen molar-refractivity contribution in [1.29, 1.82) is 0 Å². The topological polar surface area (TPSA) is 0 Å². The fourth-order valence-corrected chi connectivity index (χ4v) is 2.35. The van der Waals surface area contributed by atoms with Crippen molar-refractivity contribution >= 4 is 12.6 Å². The molecule has 0 aromatic rings. The van der Waals surface area contributed by atoms with E-state index in [-0.39, 0.29) is 0 Å². The van der Waals surface area contributed by atoms with Crippen LogP contribution < -0.4 is 0 Å². The average Bonchev–Trinajstić information content (AvgIpc) is 2.19. The quantitative estimate of drug-likeness (QED) is 0.477. The van der Waals surface area contributed by atoms with Crippen LogP contribution >= 0.6 is 12.6 Å². The molecule has 0 nitrogen and oxygen atoms in total. The minimum atomic E-state index is 0.450. The second kappa shape index (κ2) is 4.19. The molecule has 2 unspecified atom stereocenters. The van der Waals surface area contributed by atoms with Gasteiger partial charge in [-0.25, -0.2) is 0 Å². The molecule has 2 atom stereocenters. The lowest BCUT2D eigenvalue weighted by Gasteiger charge is -2.22. The molecule has 2 aliphatic rings. The van der Waals surface area contributed by atoms with Gasteiger partial charge in [-0.15, -0.1) is 0 Å². The first-order valence-electron chi connectivity index (χ1n) is 5.07. The van der Waals surface area contributed by atoms with E-state index in [1.807, 2.05) is 0 Å². The summed E-state index contributed by atoms with van der Waals surface area (Å²) in [6.45, 7) is 0. The first-order valence-corrected chi connectivity index (χ1v) is 5.59. The van der Waals surface area contributed by atoms with Crippen LogP contribution in [-0.2, 0) is 0 Å². The lowest BCUT2D eigenvalue weighted by atomic mass is 9.85. The SMILES string of the molecule is SC1C=C(C2CC=CCC2)C=CC1. The van der Waals surface area contributed by atoms with Gasteiger partial charge in [0.2, 0.25) is 0 Å². The number of thiol groups is 1. The molecule has 0 heterocycles. The highest BCUT2D eigenvalue weighted by atomic mass is 32.1. The lowest BCUT2D eigenvalue weighted by Crippen LogP contribution is -2.09. The Morgan fingerprint density at radius 2 is 2.08 bits per heavy atom. The number of allylic oxidation sites excluding steroid dienone is 5. The molecule has 0 bridgehead atoms. The summed E-state index contributed by atoms with van der Waals surface area (Å²) < 4.78 is 0. The van der Waals surface area contributed by atoms with E-state index in [2.05, 4.69) is 43.0 Å². The van der Waals surface area contributed by atoms with Crippen LogP contribution in [0.3, 0.4) is 0 Å². The Labute approximate surface area is 85.8 Å². The molecule has 1 heteroatoms. The maximum absolute atomic E-state index is 4.49. The monoisotopic (exact) mass is 192 g/mol. The van der Waals surface area contributed by atoms with Crippen molar-refractivity contribution in [2.24, 2.45) is 5.92 Å². The molecule has 2 rings (SSSR count). The van der Waals surface area contributed by atoms with Gasteiger partial charge in [-0.3, -0.25) is 0 Å². The average molecular weight is 192 g/mol. The third kappa shape index (κ3) is 2.28. The van der Waals surface area contributed by atoms with E-state index in [1.54, 1.807) is 0 Å². The van der Waals surface area contributed by atoms with E-state index < -0.39 is 0 Å². The number of rotatable bonds is 1. The van der Waals surface area contributed by atoms with Gasteiger partial charge in [0.15, 0.2) is 0 Å². The van der Waals surface area contributed by atoms with Crippen LogP contribution in [0.25, 0.3) is 0 Å². The summed E-state index contributed by atoms with van der Waals surface area (Å²) in [5, 5.41) is 0.450. The smallest absolute Gasteiger partial charge is 0.0237 e. The zero-order valence-electron chi connectivity index (χ0n) is 7.82. The van der Waals surface area contributed by atoms with Gasteiger partial charge in [0.05, 0.1) is 0 Å². The maximum atomic E-state index is 4.49. The van der Waals surface area contributed by atoms with Crippen molar-refractivity contribution in [3.8, 4) is 0 Å². The van der Waals surface area contributed by atoms with Gasteiger partial charge < -0.3 is 0 Å². The highest BCUT2D eigenvalue weighted by Gasteiger charge is 2.15. The molecule has 0 saturated heterocycles. The van der Waals surface area contributed by atoms with E-state index in [1.165, 1.54) is 24.8 Å². The van der Waals surface area contributed by atoms with Gasteiger partial charge in [0.25, 0.3) is 0 Å². The molecule has 0 aromatic heterocycles. The van der Waals surface area contributed by atoms with E-state index in [4.69, 9.17) is 0 Å². The molecule has 0 amide bonds. The Bertz CT molecular complexity index is 260. The van der Waals surface area contributed by atoms with Crippen molar-refractivity contribution in [3.05, 3.63) is 36.0 Å². The fraction of sp³-hybridized carbons (Fsp3) is 0.500. The number of hydrogen-bond donors (Lipinski definition) is 1. The second-order valence-electron chi connectivity index (χ2n) is 3.85. The minimum Gasteiger partial charge on any atom is -0.171 e. The second-order valence-corrected chi connectivity index (χ2v) is 4.52. The zero-order chi connectivity index (χ0) is 9.10. The summed E-state index contributed by atoms with van der Waals surface area (Å²) in [4.78, 5) is 0. The molecule has 0 aromatic carbocycles. The van der Waals surface area contributed by atoms with E-state index >= 15 is 0 Å². The molecule has 0 radical (unpaired) electrons. The Kier molecular flexibility index (Phi) is 2.94. The first kappa shape index (κ1) is 9.14. The predicted octanol–water partition coefficient (Wildman–Crippen LogP) is 3.53. The highest BCUT2D eigenvalue weighted by molar-refractivity contribution is 7.81. The predicted molar refractivity (Wildman–Crippen MR) is 61.1 cm³/mol. The van der Waals surface area contributed by atoms with Crippen LogP contribution in [0.2, 0.25) is 0 Å². The van der Waals surface area contributed by atoms with Crippen molar-refractivity contribution in [1.82, 2.24) is 0 Å². The summed E-state index contributed by atoms with van der Waals surface area (Å²) in [5.74, 6) is 0.760. The first-order chi connectivity index (χ1) is 6.36. The lowest BCUT2D eigenvalue weighted by molar-refractivity contribution is 0.559. The van der Waals surface area contributed by atoms with E-state index in [0.717, 1.165) is 12.3 Å². The molecule has 0 N–H and O–H groups in total. The summed E-state index contributed by atoms with van der Waals surface area (Å²) in [5.41, 5.74) is 1.51. The molecular weight excluding hydrogens is 176 g/mol. The van der Waals surface area contributed by atoms with Crippen molar-refractivity contribution in [2.45, 2.75) is 30.9 Å². The normalized spacial score (nSPS) is 33.2. The van der Waals surface area contributed by atoms with Crippen LogP contribution in [0.4, 0.5) is 0 Å². The molecule has 13 heavy (non-hydrogen) atoms. The Morgan fingerprint density at radius 3 is 2.77 bits per heavy atom. The largest absolute Gasteiger partial charge is 0.171 e. The van der Waals surface area contributed by atoms with Crippen LogP contribution in [0, 0.1) is 5.92 Å². The van der Waals surface area contributed by atoms with E-state index in [0.29, 0.717) is 5.25 Å².